The van der Waals surface area contributed by atoms with Crippen molar-refractivity contribution in [1.29, 1.82) is 0 Å². The SMILES string of the molecule is CC(=O)CC(=O)NCC(=O)C[C@@H](CCCN=C(N)N)C(C)=O.CNCC(C)(C)CN(C)C(=O)OC1=CC[C@@]2(O)[C@H]3Cc4ccc(OC)c5c4[C@@]2(CCN3C)[C@H]1O5. The smallest absolute Gasteiger partial charge is 0.414 e. The highest BCUT2D eigenvalue weighted by Crippen LogP contribution is 2.65. The van der Waals surface area contributed by atoms with Crippen molar-refractivity contribution in [2.24, 2.45) is 27.8 Å². The third-order valence-electron chi connectivity index (χ3n) is 11.3. The summed E-state index contributed by atoms with van der Waals surface area (Å²) in [5, 5.41) is 17.8. The average molecular weight is 784 g/mol. The quantitative estimate of drug-likeness (QED) is 0.0656. The Balaban J connectivity index is 0.000000277. The van der Waals surface area contributed by atoms with E-state index in [0.717, 1.165) is 25.1 Å². The fourth-order valence-electron chi connectivity index (χ4n) is 8.84. The number of likely N-dealkylation sites (tertiary alicyclic amines) is 1. The standard InChI is InChI=1S/C26H37N3O5.C14H24N4O4/c1-24(2,14-27-3)15-29(5)23(30)33-18-9-10-26(31)19-13-16-7-8-17(32-6)21-20(16)25(26,22(18)34-21)11-12-28(19)4;1-9(19)6-13(22)18-8-12(21)7-11(10(2)20)4-3-5-17-14(15)16/h7-9,19,22,27,31H,10-15H2,1-6H3;11H,3-8H2,1-2H3,(H,18,22)(H4,15,16,17)/t19-,22+,25+,26-;11-/m11/s1. The van der Waals surface area contributed by atoms with Gasteiger partial charge < -0.3 is 51.2 Å². The number of Topliss-reactive ketones (excluding diaryl/α,β-unsaturated/α-hetero) is 3. The van der Waals surface area contributed by atoms with E-state index >= 15 is 0 Å². The Morgan fingerprint density at radius 2 is 1.91 bits per heavy atom. The first-order chi connectivity index (χ1) is 26.3. The molecule has 2 aliphatic carbocycles. The Hall–Kier alpha value is -4.54. The number of ketones is 3. The van der Waals surface area contributed by atoms with E-state index in [4.69, 9.17) is 25.7 Å². The van der Waals surface area contributed by atoms with Crippen LogP contribution in [0.4, 0.5) is 4.79 Å². The molecule has 2 bridgehead atoms. The summed E-state index contributed by atoms with van der Waals surface area (Å²) in [6.45, 7) is 9.32. The molecule has 2 amide bonds. The number of carbonyl (C=O) groups excluding carboxylic acids is 5. The minimum absolute atomic E-state index is 0.0105. The van der Waals surface area contributed by atoms with Gasteiger partial charge in [0.2, 0.25) is 5.91 Å². The van der Waals surface area contributed by atoms with Crippen LogP contribution >= 0.6 is 0 Å². The molecule has 1 aromatic carbocycles. The van der Waals surface area contributed by atoms with Crippen LogP contribution < -0.4 is 31.6 Å². The average Bonchev–Trinajstić information content (AvgIpc) is 3.47. The number of amides is 2. The van der Waals surface area contributed by atoms with Crippen LogP contribution in [-0.4, -0.2) is 129 Å². The third-order valence-corrected chi connectivity index (χ3v) is 11.3. The summed E-state index contributed by atoms with van der Waals surface area (Å²) in [6, 6.07) is 4.01. The molecule has 16 nitrogen and oxygen atoms in total. The van der Waals surface area contributed by atoms with E-state index in [2.05, 4.69) is 47.5 Å². The maximum Gasteiger partial charge on any atom is 0.414 e. The van der Waals surface area contributed by atoms with Crippen molar-refractivity contribution in [3.05, 3.63) is 35.1 Å². The monoisotopic (exact) mass is 783 g/mol. The predicted molar refractivity (Wildman–Crippen MR) is 210 cm³/mol. The van der Waals surface area contributed by atoms with E-state index in [9.17, 15) is 29.1 Å². The first-order valence-corrected chi connectivity index (χ1v) is 19.2. The van der Waals surface area contributed by atoms with Gasteiger partial charge in [-0.05, 0) is 83.3 Å². The molecular formula is C40H61N7O9. The molecule has 310 valence electrons. The molecule has 1 fully saturated rings. The molecule has 5 atom stereocenters. The summed E-state index contributed by atoms with van der Waals surface area (Å²) in [5.74, 6) is 0.293. The number of nitrogens with zero attached hydrogens (tertiary/aromatic N) is 3. The first kappa shape index (κ1) is 44.2. The van der Waals surface area contributed by atoms with E-state index < -0.39 is 35.0 Å². The summed E-state index contributed by atoms with van der Waals surface area (Å²) in [7, 11) is 7.38. The van der Waals surface area contributed by atoms with Gasteiger partial charge in [0.25, 0.3) is 0 Å². The minimum Gasteiger partial charge on any atom is -0.493 e. The molecular weight excluding hydrogens is 722 g/mol. The zero-order valence-electron chi connectivity index (χ0n) is 34.2. The summed E-state index contributed by atoms with van der Waals surface area (Å²) < 4.78 is 18.2. The lowest BCUT2D eigenvalue weighted by Crippen LogP contribution is -2.74. The van der Waals surface area contributed by atoms with Gasteiger partial charge >= 0.3 is 6.09 Å². The lowest BCUT2D eigenvalue weighted by Gasteiger charge is -2.61. The third kappa shape index (κ3) is 9.52. The van der Waals surface area contributed by atoms with E-state index in [1.54, 1.807) is 19.1 Å². The number of likely N-dealkylation sites (N-methyl/N-ethyl adjacent to an activating group) is 1. The molecule has 56 heavy (non-hydrogen) atoms. The second-order valence-electron chi connectivity index (χ2n) is 16.4. The van der Waals surface area contributed by atoms with Gasteiger partial charge in [-0.1, -0.05) is 19.9 Å². The fourth-order valence-corrected chi connectivity index (χ4v) is 8.84. The Morgan fingerprint density at radius 1 is 1.20 bits per heavy atom. The molecule has 0 aromatic heterocycles. The van der Waals surface area contributed by atoms with Crippen molar-refractivity contribution in [1.82, 2.24) is 20.4 Å². The Morgan fingerprint density at radius 3 is 2.54 bits per heavy atom. The molecule has 5 rings (SSSR count). The van der Waals surface area contributed by atoms with Crippen molar-refractivity contribution < 1.29 is 43.3 Å². The highest BCUT2D eigenvalue weighted by Gasteiger charge is 2.72. The second kappa shape index (κ2) is 18.2. The lowest BCUT2D eigenvalue weighted by molar-refractivity contribution is -0.163. The Labute approximate surface area is 329 Å². The van der Waals surface area contributed by atoms with Gasteiger partial charge in [-0.25, -0.2) is 4.79 Å². The number of nitrogens with two attached hydrogens (primary N) is 2. The number of aliphatic imine (C=N–C) groups is 1. The van der Waals surface area contributed by atoms with Gasteiger partial charge in [0.05, 0.1) is 31.1 Å². The van der Waals surface area contributed by atoms with Gasteiger partial charge in [-0.3, -0.25) is 24.2 Å². The van der Waals surface area contributed by atoms with Crippen molar-refractivity contribution in [3.63, 3.8) is 0 Å². The number of hydrogen-bond acceptors (Lipinski definition) is 12. The van der Waals surface area contributed by atoms with Crippen LogP contribution in [0.2, 0.25) is 0 Å². The molecule has 4 aliphatic rings. The number of rotatable bonds is 17. The normalized spacial score (nSPS) is 23.5. The van der Waals surface area contributed by atoms with Crippen LogP contribution in [0.1, 0.15) is 77.3 Å². The number of ether oxygens (including phenoxy) is 3. The zero-order valence-corrected chi connectivity index (χ0v) is 34.2. The lowest BCUT2D eigenvalue weighted by atomic mass is 9.50. The van der Waals surface area contributed by atoms with Gasteiger partial charge in [0.15, 0.2) is 29.3 Å². The topological polar surface area (TPSA) is 228 Å². The molecule has 16 heteroatoms. The van der Waals surface area contributed by atoms with E-state index in [1.165, 1.54) is 19.4 Å². The minimum atomic E-state index is -1.01. The van der Waals surface area contributed by atoms with Crippen molar-refractivity contribution in [2.75, 3.05) is 61.0 Å². The van der Waals surface area contributed by atoms with Crippen LogP contribution in [0.5, 0.6) is 11.5 Å². The highest BCUT2D eigenvalue weighted by atomic mass is 16.6. The van der Waals surface area contributed by atoms with Crippen LogP contribution in [0, 0.1) is 11.3 Å². The number of methoxy groups -OCH3 is 1. The zero-order chi connectivity index (χ0) is 41.6. The molecule has 0 saturated carbocycles. The van der Waals surface area contributed by atoms with Crippen LogP contribution in [0.15, 0.2) is 29.0 Å². The van der Waals surface area contributed by atoms with Gasteiger partial charge in [0, 0.05) is 57.0 Å². The van der Waals surface area contributed by atoms with E-state index in [0.29, 0.717) is 56.0 Å². The van der Waals surface area contributed by atoms with Gasteiger partial charge in [0.1, 0.15) is 17.3 Å². The maximum atomic E-state index is 13.1. The largest absolute Gasteiger partial charge is 0.493 e. The summed E-state index contributed by atoms with van der Waals surface area (Å²) in [4.78, 5) is 66.1. The molecule has 1 spiro atoms. The number of piperidine rings is 1. The van der Waals surface area contributed by atoms with Crippen LogP contribution in [0.3, 0.4) is 0 Å². The number of benzene rings is 1. The molecule has 0 radical (unpaired) electrons. The predicted octanol–water partition coefficient (Wildman–Crippen LogP) is 1.59. The molecule has 2 aliphatic heterocycles. The summed E-state index contributed by atoms with van der Waals surface area (Å²) >= 11 is 0. The van der Waals surface area contributed by atoms with E-state index in [1.807, 2.05) is 19.2 Å². The van der Waals surface area contributed by atoms with E-state index in [-0.39, 0.29) is 54.2 Å². The second-order valence-corrected chi connectivity index (χ2v) is 16.4. The number of aliphatic hydroxyl groups is 1. The van der Waals surface area contributed by atoms with Gasteiger partial charge in [-0.2, -0.15) is 0 Å². The first-order valence-electron chi connectivity index (χ1n) is 19.2. The molecule has 1 saturated heterocycles. The number of carbonyl (C=O) groups is 5. The Bertz CT molecular complexity index is 1720. The van der Waals surface area contributed by atoms with Crippen molar-refractivity contribution >= 4 is 35.3 Å². The molecule has 2 heterocycles. The number of nitrogens with one attached hydrogen (secondary N) is 2. The number of hydrogen-bond donors (Lipinski definition) is 5. The highest BCUT2D eigenvalue weighted by molar-refractivity contribution is 5.98. The molecule has 1 aromatic rings. The van der Waals surface area contributed by atoms with Gasteiger partial charge in [-0.15, -0.1) is 0 Å². The number of guanidine groups is 1. The molecule has 7 N–H and O–H groups in total. The van der Waals surface area contributed by atoms with Crippen LogP contribution in [0.25, 0.3) is 0 Å². The van der Waals surface area contributed by atoms with Crippen molar-refractivity contribution in [2.45, 2.75) is 95.8 Å². The summed E-state index contributed by atoms with van der Waals surface area (Å²) in [6.07, 6.45) is 3.65. The van der Waals surface area contributed by atoms with Crippen molar-refractivity contribution in [3.8, 4) is 11.5 Å². The van der Waals surface area contributed by atoms with Crippen LogP contribution in [-0.2, 0) is 35.8 Å². The Kier molecular flexibility index (Phi) is 14.3. The summed E-state index contributed by atoms with van der Waals surface area (Å²) in [5.41, 5.74) is 10.8. The fraction of sp³-hybridized carbons (Fsp3) is 0.650. The maximum absolute atomic E-state index is 13.1. The molecule has 0 unspecified atom stereocenters.